The molecule has 0 bridgehead atoms. The Morgan fingerprint density at radius 2 is 2.24 bits per heavy atom. The summed E-state index contributed by atoms with van der Waals surface area (Å²) in [5.74, 6) is 0.157. The molecule has 0 aliphatic heterocycles. The minimum absolute atomic E-state index is 0.261. The summed E-state index contributed by atoms with van der Waals surface area (Å²) in [6, 6.07) is 4.94. The number of nitrogens with one attached hydrogen (secondary N) is 1. The average molecular weight is 251 g/mol. The van der Waals surface area contributed by atoms with E-state index in [0.717, 1.165) is 5.69 Å². The molecule has 2 heterocycles. The molecule has 0 aromatic carbocycles. The van der Waals surface area contributed by atoms with Gasteiger partial charge in [-0.2, -0.15) is 5.10 Å². The summed E-state index contributed by atoms with van der Waals surface area (Å²) in [5, 5.41) is 7.28. The number of amides is 1. The zero-order chi connectivity index (χ0) is 12.4. The SMILES string of the molecule is Cc1cc(C(=O)Nc2cc(Cl)ccn2)n(C)n1. The van der Waals surface area contributed by atoms with Gasteiger partial charge in [0.15, 0.2) is 0 Å². The first kappa shape index (κ1) is 11.6. The molecule has 0 aliphatic rings. The largest absolute Gasteiger partial charge is 0.305 e. The third-order valence-electron chi connectivity index (χ3n) is 2.20. The molecular formula is C11H11ClN4O. The van der Waals surface area contributed by atoms with Gasteiger partial charge in [0.05, 0.1) is 5.69 Å². The zero-order valence-electron chi connectivity index (χ0n) is 9.44. The summed E-state index contributed by atoms with van der Waals surface area (Å²) in [6.07, 6.45) is 1.53. The maximum Gasteiger partial charge on any atom is 0.275 e. The number of halogens is 1. The Morgan fingerprint density at radius 3 is 2.82 bits per heavy atom. The fourth-order valence-corrected chi connectivity index (χ4v) is 1.64. The number of aryl methyl sites for hydroxylation is 2. The van der Waals surface area contributed by atoms with Crippen molar-refractivity contribution in [1.82, 2.24) is 14.8 Å². The Morgan fingerprint density at radius 1 is 1.47 bits per heavy atom. The number of nitrogens with zero attached hydrogens (tertiary/aromatic N) is 3. The molecule has 0 unspecified atom stereocenters. The normalized spacial score (nSPS) is 10.3. The molecule has 2 aromatic heterocycles. The van der Waals surface area contributed by atoms with Gasteiger partial charge in [0.2, 0.25) is 0 Å². The van der Waals surface area contributed by atoms with E-state index in [2.05, 4.69) is 15.4 Å². The fourth-order valence-electron chi connectivity index (χ4n) is 1.48. The van der Waals surface area contributed by atoms with E-state index in [9.17, 15) is 4.79 Å². The monoisotopic (exact) mass is 250 g/mol. The van der Waals surface area contributed by atoms with Crippen molar-refractivity contribution in [2.75, 3.05) is 5.32 Å². The van der Waals surface area contributed by atoms with Gasteiger partial charge in [-0.1, -0.05) is 11.6 Å². The van der Waals surface area contributed by atoms with Crippen LogP contribution >= 0.6 is 11.6 Å². The van der Waals surface area contributed by atoms with E-state index >= 15 is 0 Å². The van der Waals surface area contributed by atoms with Crippen molar-refractivity contribution >= 4 is 23.3 Å². The lowest BCUT2D eigenvalue weighted by molar-refractivity contribution is 0.101. The fraction of sp³-hybridized carbons (Fsp3) is 0.182. The van der Waals surface area contributed by atoms with Crippen LogP contribution in [0.4, 0.5) is 5.82 Å². The number of aromatic nitrogens is 3. The summed E-state index contributed by atoms with van der Waals surface area (Å²) in [6.45, 7) is 1.83. The summed E-state index contributed by atoms with van der Waals surface area (Å²) < 4.78 is 1.52. The molecule has 5 nitrogen and oxygen atoms in total. The van der Waals surface area contributed by atoms with Crippen LogP contribution in [0, 0.1) is 6.92 Å². The van der Waals surface area contributed by atoms with Crippen molar-refractivity contribution < 1.29 is 4.79 Å². The Kier molecular flexibility index (Phi) is 3.10. The molecule has 2 rings (SSSR count). The van der Waals surface area contributed by atoms with E-state index in [4.69, 9.17) is 11.6 Å². The van der Waals surface area contributed by atoms with Gasteiger partial charge in [0, 0.05) is 18.3 Å². The van der Waals surface area contributed by atoms with Gasteiger partial charge in [-0.05, 0) is 25.1 Å². The lowest BCUT2D eigenvalue weighted by Crippen LogP contribution is -2.16. The number of anilines is 1. The van der Waals surface area contributed by atoms with Crippen molar-refractivity contribution in [3.05, 3.63) is 40.8 Å². The quantitative estimate of drug-likeness (QED) is 0.887. The van der Waals surface area contributed by atoms with Crippen LogP contribution in [0.5, 0.6) is 0 Å². The smallest absolute Gasteiger partial charge is 0.275 e. The molecule has 0 atom stereocenters. The van der Waals surface area contributed by atoms with E-state index < -0.39 is 0 Å². The minimum Gasteiger partial charge on any atom is -0.305 e. The lowest BCUT2D eigenvalue weighted by atomic mass is 10.3. The van der Waals surface area contributed by atoms with Gasteiger partial charge in [-0.3, -0.25) is 9.48 Å². The van der Waals surface area contributed by atoms with Crippen molar-refractivity contribution in [2.45, 2.75) is 6.92 Å². The topological polar surface area (TPSA) is 59.8 Å². The summed E-state index contributed by atoms with van der Waals surface area (Å²) in [4.78, 5) is 15.9. The molecule has 0 saturated carbocycles. The highest BCUT2D eigenvalue weighted by molar-refractivity contribution is 6.30. The Balaban J connectivity index is 2.20. The molecule has 1 amide bonds. The predicted octanol–water partition coefficient (Wildman–Crippen LogP) is 2.03. The molecule has 0 fully saturated rings. The van der Waals surface area contributed by atoms with Crippen LogP contribution in [0.25, 0.3) is 0 Å². The highest BCUT2D eigenvalue weighted by Gasteiger charge is 2.12. The number of rotatable bonds is 2. The Bertz CT molecular complexity index is 564. The second-order valence-corrected chi connectivity index (χ2v) is 4.04. The van der Waals surface area contributed by atoms with Crippen molar-refractivity contribution in [3.8, 4) is 0 Å². The molecular weight excluding hydrogens is 240 g/mol. The molecule has 17 heavy (non-hydrogen) atoms. The van der Waals surface area contributed by atoms with Crippen LogP contribution in [0.15, 0.2) is 24.4 Å². The number of hydrogen-bond acceptors (Lipinski definition) is 3. The molecule has 1 N–H and O–H groups in total. The van der Waals surface area contributed by atoms with E-state index in [1.807, 2.05) is 6.92 Å². The van der Waals surface area contributed by atoms with Crippen molar-refractivity contribution in [2.24, 2.45) is 7.05 Å². The van der Waals surface area contributed by atoms with Gasteiger partial charge in [-0.25, -0.2) is 4.98 Å². The molecule has 2 aromatic rings. The van der Waals surface area contributed by atoms with E-state index in [0.29, 0.717) is 16.5 Å². The van der Waals surface area contributed by atoms with Crippen molar-refractivity contribution in [3.63, 3.8) is 0 Å². The predicted molar refractivity (Wildman–Crippen MR) is 65.1 cm³/mol. The van der Waals surface area contributed by atoms with E-state index in [1.54, 1.807) is 25.2 Å². The molecule has 0 saturated heterocycles. The van der Waals surface area contributed by atoms with Crippen LogP contribution in [0.2, 0.25) is 5.02 Å². The second kappa shape index (κ2) is 4.55. The highest BCUT2D eigenvalue weighted by atomic mass is 35.5. The first-order chi connectivity index (χ1) is 8.06. The number of pyridine rings is 1. The van der Waals surface area contributed by atoms with Crippen LogP contribution in [0.3, 0.4) is 0 Å². The third-order valence-corrected chi connectivity index (χ3v) is 2.43. The van der Waals surface area contributed by atoms with E-state index in [-0.39, 0.29) is 5.91 Å². The van der Waals surface area contributed by atoms with Crippen LogP contribution < -0.4 is 5.32 Å². The molecule has 0 spiro atoms. The molecule has 6 heteroatoms. The van der Waals surface area contributed by atoms with Gasteiger partial charge >= 0.3 is 0 Å². The molecule has 0 radical (unpaired) electrons. The Hall–Kier alpha value is -1.88. The number of carbonyl (C=O) groups is 1. The summed E-state index contributed by atoms with van der Waals surface area (Å²) in [5.41, 5.74) is 1.26. The summed E-state index contributed by atoms with van der Waals surface area (Å²) >= 11 is 5.80. The highest BCUT2D eigenvalue weighted by Crippen LogP contribution is 2.13. The maximum atomic E-state index is 11.9. The maximum absolute atomic E-state index is 11.9. The second-order valence-electron chi connectivity index (χ2n) is 3.61. The van der Waals surface area contributed by atoms with Gasteiger partial charge in [0.25, 0.3) is 5.91 Å². The van der Waals surface area contributed by atoms with Crippen LogP contribution in [-0.2, 0) is 7.05 Å². The average Bonchev–Trinajstić information content (AvgIpc) is 2.58. The first-order valence-electron chi connectivity index (χ1n) is 5.00. The third kappa shape index (κ3) is 2.62. The number of carbonyl (C=O) groups excluding carboxylic acids is 1. The van der Waals surface area contributed by atoms with Gasteiger partial charge in [0.1, 0.15) is 11.5 Å². The minimum atomic E-state index is -0.261. The van der Waals surface area contributed by atoms with E-state index in [1.165, 1.54) is 10.9 Å². The number of hydrogen-bond donors (Lipinski definition) is 1. The standard InChI is InChI=1S/C11H11ClN4O/c1-7-5-9(16(2)15-7)11(17)14-10-6-8(12)3-4-13-10/h3-6H,1-2H3,(H,13,14,17). The van der Waals surface area contributed by atoms with Gasteiger partial charge in [-0.15, -0.1) is 0 Å². The summed E-state index contributed by atoms with van der Waals surface area (Å²) in [7, 11) is 1.72. The van der Waals surface area contributed by atoms with Crippen LogP contribution in [-0.4, -0.2) is 20.7 Å². The zero-order valence-corrected chi connectivity index (χ0v) is 10.2. The molecule has 0 aliphatic carbocycles. The lowest BCUT2D eigenvalue weighted by Gasteiger charge is -2.04. The molecule has 88 valence electrons. The van der Waals surface area contributed by atoms with Crippen molar-refractivity contribution in [1.29, 1.82) is 0 Å². The first-order valence-corrected chi connectivity index (χ1v) is 5.37. The Labute approximate surface area is 103 Å². The van der Waals surface area contributed by atoms with Gasteiger partial charge < -0.3 is 5.32 Å². The van der Waals surface area contributed by atoms with Crippen LogP contribution in [0.1, 0.15) is 16.2 Å².